The second-order valence-electron chi connectivity index (χ2n) is 1.54. The van der Waals surface area contributed by atoms with E-state index >= 15 is 0 Å². The van der Waals surface area contributed by atoms with E-state index in [0.29, 0.717) is 0 Å². The van der Waals surface area contributed by atoms with Crippen molar-refractivity contribution in [2.24, 2.45) is 11.5 Å². The predicted molar refractivity (Wildman–Crippen MR) is 36.4 cm³/mol. The van der Waals surface area contributed by atoms with Crippen LogP contribution in [0.1, 0.15) is 0 Å². The van der Waals surface area contributed by atoms with Gasteiger partial charge in [-0.15, -0.1) is 8.58 Å². The van der Waals surface area contributed by atoms with Gasteiger partial charge in [-0.25, -0.2) is 0 Å². The van der Waals surface area contributed by atoms with Gasteiger partial charge >= 0.3 is 0 Å². The van der Waals surface area contributed by atoms with Crippen molar-refractivity contribution in [2.75, 3.05) is 12.3 Å². The molecule has 0 atom stereocenters. The topological polar surface area (TPSA) is 86.2 Å². The van der Waals surface area contributed by atoms with Gasteiger partial charge in [0.15, 0.2) is 0 Å². The first-order chi connectivity index (χ1) is 4.13. The van der Waals surface area contributed by atoms with Crippen LogP contribution in [0.2, 0.25) is 0 Å². The molecule has 52 valence electrons. The van der Waals surface area contributed by atoms with E-state index in [0.717, 1.165) is 0 Å². The second-order valence-corrected chi connectivity index (χ2v) is 2.74. The van der Waals surface area contributed by atoms with Gasteiger partial charge in [0.25, 0.3) is 0 Å². The first kappa shape index (κ1) is 8.37. The molecule has 0 fully saturated rings. The molecular formula is C4H9N2O2P. The zero-order valence-corrected chi connectivity index (χ0v) is 5.89. The molecule has 9 heavy (non-hydrogen) atoms. The van der Waals surface area contributed by atoms with Crippen LogP contribution in [-0.4, -0.2) is 24.1 Å². The Kier molecular flexibility index (Phi) is 3.97. The van der Waals surface area contributed by atoms with Gasteiger partial charge in [0.1, 0.15) is 0 Å². The lowest BCUT2D eigenvalue weighted by Crippen LogP contribution is -2.16. The summed E-state index contributed by atoms with van der Waals surface area (Å²) in [6, 6.07) is 0. The molecule has 0 rings (SSSR count). The van der Waals surface area contributed by atoms with Crippen LogP contribution in [0.4, 0.5) is 0 Å². The van der Waals surface area contributed by atoms with E-state index in [1.165, 1.54) is 0 Å². The molecule has 2 amide bonds. The third-order valence-corrected chi connectivity index (χ3v) is 1.80. The molecule has 0 saturated heterocycles. The Balaban J connectivity index is 3.10. The standard InChI is InChI=1S/C4H9N2O2P/c5-3(7)1-9-2-4(6)8/h9H,1-2H2,(H2,5,7)(H2,6,8). The van der Waals surface area contributed by atoms with E-state index in [1.54, 1.807) is 0 Å². The molecule has 0 aromatic rings. The fraction of sp³-hybridized carbons (Fsp3) is 0.500. The third kappa shape index (κ3) is 7.37. The van der Waals surface area contributed by atoms with E-state index in [9.17, 15) is 9.59 Å². The Labute approximate surface area is 54.8 Å². The molecule has 0 aromatic heterocycles. The molecule has 0 saturated carbocycles. The number of nitrogens with two attached hydrogens (primary N) is 2. The van der Waals surface area contributed by atoms with E-state index in [1.807, 2.05) is 0 Å². The number of hydrogen-bond acceptors (Lipinski definition) is 2. The molecule has 5 heteroatoms. The van der Waals surface area contributed by atoms with Gasteiger partial charge in [0.2, 0.25) is 11.8 Å². The fourth-order valence-corrected chi connectivity index (χ4v) is 0.927. The molecule has 0 aromatic carbocycles. The van der Waals surface area contributed by atoms with Gasteiger partial charge in [-0.3, -0.25) is 9.59 Å². The lowest BCUT2D eigenvalue weighted by molar-refractivity contribution is -0.116. The van der Waals surface area contributed by atoms with Crippen molar-refractivity contribution >= 4 is 20.4 Å². The molecule has 4 N–H and O–H groups in total. The largest absolute Gasteiger partial charge is 0.369 e. The monoisotopic (exact) mass is 148 g/mol. The summed E-state index contributed by atoms with van der Waals surface area (Å²) in [4.78, 5) is 20.1. The summed E-state index contributed by atoms with van der Waals surface area (Å²) in [5.74, 6) is -0.760. The summed E-state index contributed by atoms with van der Waals surface area (Å²) in [6.45, 7) is 0. The Morgan fingerprint density at radius 1 is 1.11 bits per heavy atom. The maximum Gasteiger partial charge on any atom is 0.221 e. The molecule has 0 aliphatic carbocycles. The zero-order chi connectivity index (χ0) is 7.28. The van der Waals surface area contributed by atoms with Crippen LogP contribution in [-0.2, 0) is 9.59 Å². The lowest BCUT2D eigenvalue weighted by atomic mass is 10.7. The Morgan fingerprint density at radius 2 is 1.44 bits per heavy atom. The minimum atomic E-state index is -0.380. The van der Waals surface area contributed by atoms with Crippen LogP contribution in [0.25, 0.3) is 0 Å². The average Bonchev–Trinajstić information content (AvgIpc) is 1.63. The van der Waals surface area contributed by atoms with Crippen LogP contribution >= 0.6 is 8.58 Å². The van der Waals surface area contributed by atoms with E-state index in [-0.39, 0.29) is 32.7 Å². The SMILES string of the molecule is NC(=O)CPCC(N)=O. The fourth-order valence-electron chi connectivity index (χ4n) is 0.309. The number of rotatable bonds is 4. The van der Waals surface area contributed by atoms with Gasteiger partial charge in [-0.05, 0) is 0 Å². The van der Waals surface area contributed by atoms with Crippen molar-refractivity contribution in [3.05, 3.63) is 0 Å². The summed E-state index contributed by atoms with van der Waals surface area (Å²) >= 11 is 0. The summed E-state index contributed by atoms with van der Waals surface area (Å²) in [7, 11) is 0.244. The van der Waals surface area contributed by atoms with E-state index < -0.39 is 0 Å². The molecule has 0 radical (unpaired) electrons. The highest BCUT2D eigenvalue weighted by Crippen LogP contribution is 2.05. The van der Waals surface area contributed by atoms with Crippen molar-refractivity contribution in [1.82, 2.24) is 0 Å². The number of primary amides is 2. The van der Waals surface area contributed by atoms with Crippen molar-refractivity contribution in [3.63, 3.8) is 0 Å². The summed E-state index contributed by atoms with van der Waals surface area (Å²) in [6.07, 6.45) is 0.534. The number of amides is 2. The van der Waals surface area contributed by atoms with Crippen LogP contribution in [0.5, 0.6) is 0 Å². The second kappa shape index (κ2) is 4.27. The summed E-state index contributed by atoms with van der Waals surface area (Å²) in [5, 5.41) is 0. The van der Waals surface area contributed by atoms with Crippen molar-refractivity contribution in [2.45, 2.75) is 0 Å². The smallest absolute Gasteiger partial charge is 0.221 e. The van der Waals surface area contributed by atoms with E-state index in [2.05, 4.69) is 0 Å². The molecular weight excluding hydrogens is 139 g/mol. The van der Waals surface area contributed by atoms with Crippen LogP contribution in [0.15, 0.2) is 0 Å². The minimum absolute atomic E-state index is 0.244. The maximum atomic E-state index is 10.1. The highest BCUT2D eigenvalue weighted by Gasteiger charge is 1.95. The molecule has 0 aliphatic heterocycles. The van der Waals surface area contributed by atoms with Crippen molar-refractivity contribution in [1.29, 1.82) is 0 Å². The first-order valence-corrected chi connectivity index (χ1v) is 3.81. The molecule has 0 unspecified atom stereocenters. The Bertz CT molecular complexity index is 112. The quantitative estimate of drug-likeness (QED) is 0.482. The van der Waals surface area contributed by atoms with Crippen LogP contribution < -0.4 is 11.5 Å². The number of carbonyl (C=O) groups excluding carboxylic acids is 2. The highest BCUT2D eigenvalue weighted by atomic mass is 31.1. The molecule has 0 heterocycles. The van der Waals surface area contributed by atoms with Gasteiger partial charge < -0.3 is 11.5 Å². The van der Waals surface area contributed by atoms with Gasteiger partial charge in [0.05, 0.1) is 0 Å². The molecule has 0 spiro atoms. The molecule has 0 aliphatic rings. The lowest BCUT2D eigenvalue weighted by Gasteiger charge is -1.91. The van der Waals surface area contributed by atoms with Crippen LogP contribution in [0, 0.1) is 0 Å². The predicted octanol–water partition coefficient (Wildman–Crippen LogP) is -1.36. The summed E-state index contributed by atoms with van der Waals surface area (Å²) in [5.41, 5.74) is 9.59. The summed E-state index contributed by atoms with van der Waals surface area (Å²) < 4.78 is 0. The van der Waals surface area contributed by atoms with Crippen molar-refractivity contribution < 1.29 is 9.59 Å². The Hall–Kier alpha value is -0.630. The van der Waals surface area contributed by atoms with E-state index in [4.69, 9.17) is 11.5 Å². The van der Waals surface area contributed by atoms with Crippen LogP contribution in [0.3, 0.4) is 0 Å². The first-order valence-electron chi connectivity index (χ1n) is 2.40. The highest BCUT2D eigenvalue weighted by molar-refractivity contribution is 7.40. The van der Waals surface area contributed by atoms with Crippen molar-refractivity contribution in [3.8, 4) is 0 Å². The normalized spacial score (nSPS) is 8.89. The maximum absolute atomic E-state index is 10.1. The Morgan fingerprint density at radius 3 is 1.67 bits per heavy atom. The molecule has 4 nitrogen and oxygen atoms in total. The zero-order valence-electron chi connectivity index (χ0n) is 4.89. The average molecular weight is 148 g/mol. The van der Waals surface area contributed by atoms with Gasteiger partial charge in [0, 0.05) is 12.3 Å². The molecule has 0 bridgehead atoms. The number of hydrogen-bond donors (Lipinski definition) is 2. The minimum Gasteiger partial charge on any atom is -0.369 e. The third-order valence-electron chi connectivity index (χ3n) is 0.598. The van der Waals surface area contributed by atoms with Gasteiger partial charge in [-0.1, -0.05) is 0 Å². The van der Waals surface area contributed by atoms with Gasteiger partial charge in [-0.2, -0.15) is 0 Å². The number of carbonyl (C=O) groups is 2.